The average molecular weight is 373 g/mol. The van der Waals surface area contributed by atoms with Gasteiger partial charge >= 0.3 is 0 Å². The number of aliphatic hydroxyl groups excluding tert-OH is 1. The summed E-state index contributed by atoms with van der Waals surface area (Å²) in [5.41, 5.74) is 3.53. The molecule has 2 atom stereocenters. The predicted octanol–water partition coefficient (Wildman–Crippen LogP) is 1.94. The molecule has 1 fully saturated rings. The number of fused-ring (bicyclic) bond motifs is 1. The van der Waals surface area contributed by atoms with Crippen LogP contribution in [0.3, 0.4) is 0 Å². The van der Waals surface area contributed by atoms with Gasteiger partial charge in [-0.15, -0.1) is 0 Å². The van der Waals surface area contributed by atoms with E-state index in [1.54, 1.807) is 7.11 Å². The van der Waals surface area contributed by atoms with Crippen LogP contribution in [0.15, 0.2) is 23.2 Å². The van der Waals surface area contributed by atoms with E-state index in [1.165, 1.54) is 0 Å². The van der Waals surface area contributed by atoms with E-state index in [1.807, 2.05) is 17.6 Å². The van der Waals surface area contributed by atoms with E-state index >= 15 is 0 Å². The van der Waals surface area contributed by atoms with Crippen LogP contribution in [0.25, 0.3) is 10.9 Å². The van der Waals surface area contributed by atoms with Crippen molar-refractivity contribution < 1.29 is 19.7 Å². The van der Waals surface area contributed by atoms with Gasteiger partial charge in [-0.05, 0) is 31.5 Å². The van der Waals surface area contributed by atoms with Crippen LogP contribution in [0.4, 0.5) is 5.69 Å². The Kier molecular flexibility index (Phi) is 5.08. The number of β-amino-alcohol motifs (C(OH)–C–C–N with tert-alkyl or cyclic N) is 1. The Labute approximate surface area is 158 Å². The first-order valence-corrected chi connectivity index (χ1v) is 9.50. The van der Waals surface area contributed by atoms with Gasteiger partial charge in [0.25, 0.3) is 0 Å². The van der Waals surface area contributed by atoms with E-state index < -0.39 is 0 Å². The predicted molar refractivity (Wildman–Crippen MR) is 105 cm³/mol. The zero-order valence-electron chi connectivity index (χ0n) is 15.9. The van der Waals surface area contributed by atoms with Crippen molar-refractivity contribution >= 4 is 22.3 Å². The third kappa shape index (κ3) is 3.31. The van der Waals surface area contributed by atoms with Crippen LogP contribution in [-0.4, -0.2) is 73.2 Å². The molecule has 0 amide bonds. The minimum absolute atomic E-state index is 0.0178. The van der Waals surface area contributed by atoms with Crippen LogP contribution in [0, 0.1) is 0 Å². The number of nitrogens with zero attached hydrogens (tertiary/aromatic N) is 3. The first-order valence-electron chi connectivity index (χ1n) is 9.50. The van der Waals surface area contributed by atoms with Crippen molar-refractivity contribution in [2.75, 3.05) is 51.5 Å². The second-order valence-corrected chi connectivity index (χ2v) is 7.34. The Bertz CT molecular complexity index is 861. The maximum atomic E-state index is 11.1. The summed E-state index contributed by atoms with van der Waals surface area (Å²) in [6.07, 6.45) is 0.499. The number of benzene rings is 1. The van der Waals surface area contributed by atoms with Crippen molar-refractivity contribution in [1.82, 2.24) is 4.57 Å². The number of aliphatic imine (C=N–C) groups is 1. The van der Waals surface area contributed by atoms with Gasteiger partial charge in [-0.25, -0.2) is 0 Å². The van der Waals surface area contributed by atoms with Gasteiger partial charge in [0.15, 0.2) is 0 Å². The lowest BCUT2D eigenvalue weighted by molar-refractivity contribution is 0.159. The zero-order chi connectivity index (χ0) is 19.0. The molecule has 7 nitrogen and oxygen atoms in total. The van der Waals surface area contributed by atoms with Crippen LogP contribution in [0.2, 0.25) is 0 Å². The van der Waals surface area contributed by atoms with E-state index in [0.29, 0.717) is 32.9 Å². The molecule has 7 heteroatoms. The molecule has 0 aliphatic carbocycles. The Balaban J connectivity index is 1.86. The number of methoxy groups -OCH3 is 1. The standard InChI is InChI=1S/C20H27N3O4/c1-13(11-26-2)23-18-4-3-14(22-7-5-15(24)10-22)9-16(18)19(20(23)25)17-12-27-8-6-21-17/h3-4,9,13,15,24-25H,5-8,10-12H2,1-2H3. The van der Waals surface area contributed by atoms with Gasteiger partial charge in [-0.3, -0.25) is 4.99 Å². The average Bonchev–Trinajstić information content (AvgIpc) is 3.22. The smallest absolute Gasteiger partial charge is 0.201 e. The molecule has 2 aromatic rings. The van der Waals surface area contributed by atoms with Crippen LogP contribution in [0.1, 0.15) is 24.9 Å². The Morgan fingerprint density at radius 3 is 2.93 bits per heavy atom. The van der Waals surface area contributed by atoms with Crippen LogP contribution >= 0.6 is 0 Å². The van der Waals surface area contributed by atoms with Crippen molar-refractivity contribution in [3.63, 3.8) is 0 Å². The van der Waals surface area contributed by atoms with Crippen molar-refractivity contribution in [2.24, 2.45) is 4.99 Å². The van der Waals surface area contributed by atoms with E-state index in [2.05, 4.69) is 22.0 Å². The fourth-order valence-corrected chi connectivity index (χ4v) is 4.12. The second-order valence-electron chi connectivity index (χ2n) is 7.34. The second kappa shape index (κ2) is 7.50. The summed E-state index contributed by atoms with van der Waals surface area (Å²) in [4.78, 5) is 6.78. The van der Waals surface area contributed by atoms with Crippen molar-refractivity contribution in [2.45, 2.75) is 25.5 Å². The van der Waals surface area contributed by atoms with E-state index in [0.717, 1.165) is 40.8 Å². The molecule has 27 heavy (non-hydrogen) atoms. The summed E-state index contributed by atoms with van der Waals surface area (Å²) in [6.45, 7) is 5.61. The van der Waals surface area contributed by atoms with Gasteiger partial charge in [-0.1, -0.05) is 0 Å². The molecule has 2 unspecified atom stereocenters. The molecular weight excluding hydrogens is 346 g/mol. The highest BCUT2D eigenvalue weighted by molar-refractivity contribution is 6.14. The number of hydrogen-bond acceptors (Lipinski definition) is 6. The number of hydrogen-bond donors (Lipinski definition) is 2. The highest BCUT2D eigenvalue weighted by Gasteiger charge is 2.26. The van der Waals surface area contributed by atoms with E-state index in [4.69, 9.17) is 9.47 Å². The number of aliphatic hydroxyl groups is 1. The van der Waals surface area contributed by atoms with Gasteiger partial charge in [0.1, 0.15) is 0 Å². The molecule has 4 rings (SSSR count). The maximum absolute atomic E-state index is 11.1. The SMILES string of the molecule is COCC(C)n1c(O)c(C2=NCCOC2)c2cc(N3CCC(O)C3)ccc21. The van der Waals surface area contributed by atoms with Crippen LogP contribution in [-0.2, 0) is 9.47 Å². The third-order valence-corrected chi connectivity index (χ3v) is 5.40. The fraction of sp³-hybridized carbons (Fsp3) is 0.550. The molecule has 0 spiro atoms. The van der Waals surface area contributed by atoms with Gasteiger partial charge < -0.3 is 29.2 Å². The van der Waals surface area contributed by atoms with Gasteiger partial charge in [0.05, 0.1) is 55.3 Å². The molecule has 2 N–H and O–H groups in total. The number of rotatable bonds is 5. The molecule has 3 heterocycles. The van der Waals surface area contributed by atoms with Gasteiger partial charge in [0, 0.05) is 31.3 Å². The van der Waals surface area contributed by atoms with Crippen molar-refractivity contribution in [3.05, 3.63) is 23.8 Å². The number of aromatic nitrogens is 1. The van der Waals surface area contributed by atoms with E-state index in [-0.39, 0.29) is 18.0 Å². The number of aromatic hydroxyl groups is 1. The molecule has 1 saturated heterocycles. The summed E-state index contributed by atoms with van der Waals surface area (Å²) < 4.78 is 12.8. The molecule has 0 bridgehead atoms. The minimum atomic E-state index is -0.281. The molecule has 146 valence electrons. The fourth-order valence-electron chi connectivity index (χ4n) is 4.12. The molecular formula is C20H27N3O4. The zero-order valence-corrected chi connectivity index (χ0v) is 15.9. The van der Waals surface area contributed by atoms with Gasteiger partial charge in [-0.2, -0.15) is 0 Å². The summed E-state index contributed by atoms with van der Waals surface area (Å²) in [7, 11) is 1.66. The molecule has 1 aromatic carbocycles. The Morgan fingerprint density at radius 1 is 1.41 bits per heavy atom. The lowest BCUT2D eigenvalue weighted by Gasteiger charge is -2.19. The molecule has 0 radical (unpaired) electrons. The Morgan fingerprint density at radius 2 is 2.26 bits per heavy atom. The minimum Gasteiger partial charge on any atom is -0.494 e. The normalized spacial score (nSPS) is 21.7. The topological polar surface area (TPSA) is 79.5 Å². The largest absolute Gasteiger partial charge is 0.494 e. The summed E-state index contributed by atoms with van der Waals surface area (Å²) in [5.74, 6) is 0.206. The number of ether oxygens (including phenoxy) is 2. The maximum Gasteiger partial charge on any atom is 0.201 e. The molecule has 2 aliphatic rings. The monoisotopic (exact) mass is 373 g/mol. The Hall–Kier alpha value is -2.09. The highest BCUT2D eigenvalue weighted by atomic mass is 16.5. The third-order valence-electron chi connectivity index (χ3n) is 5.40. The molecule has 2 aliphatic heterocycles. The summed E-state index contributed by atoms with van der Waals surface area (Å²) in [6, 6.07) is 6.17. The summed E-state index contributed by atoms with van der Waals surface area (Å²) in [5, 5.41) is 21.9. The molecule has 0 saturated carbocycles. The first-order chi connectivity index (χ1) is 13.1. The first kappa shape index (κ1) is 18.3. The highest BCUT2D eigenvalue weighted by Crippen LogP contribution is 2.38. The molecule has 1 aromatic heterocycles. The van der Waals surface area contributed by atoms with E-state index in [9.17, 15) is 10.2 Å². The van der Waals surface area contributed by atoms with Crippen LogP contribution in [0.5, 0.6) is 5.88 Å². The lowest BCUT2D eigenvalue weighted by Crippen LogP contribution is -2.21. The van der Waals surface area contributed by atoms with Crippen molar-refractivity contribution in [1.29, 1.82) is 0 Å². The quantitative estimate of drug-likeness (QED) is 0.837. The van der Waals surface area contributed by atoms with Gasteiger partial charge in [0.2, 0.25) is 5.88 Å². The lowest BCUT2D eigenvalue weighted by atomic mass is 10.1. The number of anilines is 1. The van der Waals surface area contributed by atoms with Crippen molar-refractivity contribution in [3.8, 4) is 5.88 Å². The van der Waals surface area contributed by atoms with Crippen LogP contribution < -0.4 is 4.90 Å². The summed E-state index contributed by atoms with van der Waals surface area (Å²) >= 11 is 0.